The Morgan fingerprint density at radius 3 is 1.83 bits per heavy atom. The van der Waals surface area contributed by atoms with E-state index in [0.29, 0.717) is 6.61 Å². The summed E-state index contributed by atoms with van der Waals surface area (Å²) in [7, 11) is 0. The maximum atomic E-state index is 12.8. The van der Waals surface area contributed by atoms with Gasteiger partial charge in [-0.3, -0.25) is 10.1 Å². The molecule has 1 saturated heterocycles. The Hall–Kier alpha value is -3.87. The number of nitrogens with one attached hydrogen (secondary N) is 1. The number of benzene rings is 3. The molecule has 2 N–H and O–H groups in total. The van der Waals surface area contributed by atoms with Gasteiger partial charge in [0.15, 0.2) is 6.10 Å². The molecule has 3 aromatic rings. The fourth-order valence-corrected chi connectivity index (χ4v) is 5.31. The molecule has 3 aromatic carbocycles. The van der Waals surface area contributed by atoms with Crippen LogP contribution in [0.1, 0.15) is 43.9 Å². The van der Waals surface area contributed by atoms with Gasteiger partial charge < -0.3 is 34.1 Å². The summed E-state index contributed by atoms with van der Waals surface area (Å²) in [5.74, 6) is 0. The quantitative estimate of drug-likeness (QED) is 0.173. The van der Waals surface area contributed by atoms with E-state index in [4.69, 9.17) is 23.7 Å². The lowest BCUT2D eigenvalue weighted by Gasteiger charge is -2.43. The van der Waals surface area contributed by atoms with Gasteiger partial charge in [0.25, 0.3) is 6.04 Å². The first-order valence-corrected chi connectivity index (χ1v) is 15.4. The van der Waals surface area contributed by atoms with Crippen molar-refractivity contribution in [1.82, 2.24) is 5.32 Å². The second kappa shape index (κ2) is 17.2. The lowest BCUT2D eigenvalue weighted by molar-refractivity contribution is -0.562. The summed E-state index contributed by atoms with van der Waals surface area (Å²) < 4.78 is 30.6. The minimum Gasteiger partial charge on any atom is -0.444 e. The number of aliphatic hydroxyl groups is 1. The zero-order valence-electron chi connectivity index (χ0n) is 26.5. The van der Waals surface area contributed by atoms with Gasteiger partial charge in [-0.1, -0.05) is 91.0 Å². The van der Waals surface area contributed by atoms with Gasteiger partial charge in [-0.15, -0.1) is 0 Å². The van der Waals surface area contributed by atoms with E-state index in [9.17, 15) is 20.0 Å². The SMILES string of the molecule is CC(C)(C)OC(=O)N[C@@H](CO)C[C@@H]1O[C@H](COCc2ccccc2)[C@H](OCc2ccccc2)[C@H](OCc2ccccc2)[C@H]1[N+](=O)[O-]. The van der Waals surface area contributed by atoms with Crippen molar-refractivity contribution < 1.29 is 38.5 Å². The molecule has 1 aliphatic rings. The molecule has 1 aliphatic heterocycles. The molecule has 4 rings (SSSR count). The Morgan fingerprint density at radius 1 is 0.848 bits per heavy atom. The Labute approximate surface area is 269 Å². The van der Waals surface area contributed by atoms with Gasteiger partial charge in [0.05, 0.1) is 39.1 Å². The fourth-order valence-electron chi connectivity index (χ4n) is 5.31. The summed E-state index contributed by atoms with van der Waals surface area (Å²) in [5.41, 5.74) is 1.91. The van der Waals surface area contributed by atoms with E-state index in [1.165, 1.54) is 0 Å². The summed E-state index contributed by atoms with van der Waals surface area (Å²) in [6.07, 6.45) is -4.59. The molecule has 11 nitrogen and oxygen atoms in total. The monoisotopic (exact) mass is 636 g/mol. The van der Waals surface area contributed by atoms with Crippen LogP contribution in [0.2, 0.25) is 0 Å². The molecule has 0 aliphatic carbocycles. The second-order valence-electron chi connectivity index (χ2n) is 12.3. The van der Waals surface area contributed by atoms with E-state index < -0.39 is 59.7 Å². The summed E-state index contributed by atoms with van der Waals surface area (Å²) in [5, 5.41) is 25.6. The number of carbonyl (C=O) groups excluding carboxylic acids is 1. The Bertz CT molecular complexity index is 1340. The zero-order valence-corrected chi connectivity index (χ0v) is 26.5. The highest BCUT2D eigenvalue weighted by molar-refractivity contribution is 5.68. The zero-order chi connectivity index (χ0) is 32.9. The first-order valence-electron chi connectivity index (χ1n) is 15.4. The van der Waals surface area contributed by atoms with Crippen LogP contribution in [0.5, 0.6) is 0 Å². The van der Waals surface area contributed by atoms with Gasteiger partial charge in [0.1, 0.15) is 23.9 Å². The van der Waals surface area contributed by atoms with Crippen LogP contribution in [0.15, 0.2) is 91.0 Å². The third-order valence-electron chi connectivity index (χ3n) is 7.42. The van der Waals surface area contributed by atoms with E-state index in [1.807, 2.05) is 91.0 Å². The first-order chi connectivity index (χ1) is 22.1. The highest BCUT2D eigenvalue weighted by Crippen LogP contribution is 2.32. The number of ether oxygens (including phenoxy) is 5. The van der Waals surface area contributed by atoms with Gasteiger partial charge in [-0.05, 0) is 37.5 Å². The van der Waals surface area contributed by atoms with E-state index in [0.717, 1.165) is 16.7 Å². The van der Waals surface area contributed by atoms with Gasteiger partial charge in [0.2, 0.25) is 0 Å². The molecular formula is C35H44N2O9. The summed E-state index contributed by atoms with van der Waals surface area (Å²) in [6, 6.07) is 26.2. The minimum atomic E-state index is -1.38. The molecule has 248 valence electrons. The maximum absolute atomic E-state index is 12.8. The molecule has 46 heavy (non-hydrogen) atoms. The first kappa shape index (κ1) is 35.0. The second-order valence-corrected chi connectivity index (χ2v) is 12.3. The molecule has 0 aromatic heterocycles. The van der Waals surface area contributed by atoms with E-state index in [2.05, 4.69) is 5.32 Å². The van der Waals surface area contributed by atoms with Crippen LogP contribution in [0.25, 0.3) is 0 Å². The average Bonchev–Trinajstić information content (AvgIpc) is 3.03. The lowest BCUT2D eigenvalue weighted by Crippen LogP contribution is -2.63. The Morgan fingerprint density at radius 2 is 1.35 bits per heavy atom. The number of hydrogen-bond donors (Lipinski definition) is 2. The van der Waals surface area contributed by atoms with Crippen molar-refractivity contribution in [2.45, 2.75) is 89.1 Å². The molecule has 0 unspecified atom stereocenters. The standard InChI is InChI=1S/C35H44N2O9/c1-35(2,3)46-34(39)36-28(20-38)19-29-31(37(40)41)33(44-23-27-17-11-6-12-18-27)32(43-22-26-15-9-5-10-16-26)30(45-29)24-42-21-25-13-7-4-8-14-25/h4-18,28-33,38H,19-24H2,1-3H3,(H,36,39)/t28-,29+,30-,31+,32+,33-/m1/s1. The molecular weight excluding hydrogens is 592 g/mol. The van der Waals surface area contributed by atoms with Crippen LogP contribution in [-0.4, -0.2) is 71.4 Å². The van der Waals surface area contributed by atoms with Gasteiger partial charge >= 0.3 is 6.09 Å². The van der Waals surface area contributed by atoms with Crippen LogP contribution < -0.4 is 5.32 Å². The molecule has 0 spiro atoms. The molecule has 1 amide bonds. The van der Waals surface area contributed by atoms with Crippen molar-refractivity contribution >= 4 is 6.09 Å². The molecule has 6 atom stereocenters. The summed E-state index contributed by atoms with van der Waals surface area (Å²) in [4.78, 5) is 24.9. The Balaban J connectivity index is 1.62. The molecule has 0 saturated carbocycles. The summed E-state index contributed by atoms with van der Waals surface area (Å²) >= 11 is 0. The van der Waals surface area contributed by atoms with Crippen LogP contribution in [0.4, 0.5) is 4.79 Å². The predicted octanol–water partition coefficient (Wildman–Crippen LogP) is 5.06. The number of rotatable bonds is 15. The summed E-state index contributed by atoms with van der Waals surface area (Å²) in [6.45, 7) is 5.30. The highest BCUT2D eigenvalue weighted by Gasteiger charge is 2.54. The molecule has 11 heteroatoms. The van der Waals surface area contributed by atoms with Crippen LogP contribution in [-0.2, 0) is 43.5 Å². The molecule has 0 bridgehead atoms. The molecule has 1 fully saturated rings. The third kappa shape index (κ3) is 10.9. The van der Waals surface area contributed by atoms with Crippen LogP contribution in [0.3, 0.4) is 0 Å². The van der Waals surface area contributed by atoms with Crippen molar-refractivity contribution in [2.75, 3.05) is 13.2 Å². The van der Waals surface area contributed by atoms with Crippen molar-refractivity contribution in [3.8, 4) is 0 Å². The third-order valence-corrected chi connectivity index (χ3v) is 7.42. The number of carbonyl (C=O) groups is 1. The number of alkyl carbamates (subject to hydrolysis) is 1. The lowest BCUT2D eigenvalue weighted by atomic mass is 9.89. The minimum absolute atomic E-state index is 0.0593. The van der Waals surface area contributed by atoms with Crippen molar-refractivity contribution in [2.24, 2.45) is 0 Å². The van der Waals surface area contributed by atoms with Crippen molar-refractivity contribution in [3.63, 3.8) is 0 Å². The van der Waals surface area contributed by atoms with Crippen molar-refractivity contribution in [3.05, 3.63) is 118 Å². The largest absolute Gasteiger partial charge is 0.444 e. The van der Waals surface area contributed by atoms with Gasteiger partial charge in [-0.25, -0.2) is 4.79 Å². The smallest absolute Gasteiger partial charge is 0.407 e. The number of aliphatic hydroxyl groups excluding tert-OH is 1. The Kier molecular flexibility index (Phi) is 13.1. The molecule has 0 radical (unpaired) electrons. The predicted molar refractivity (Wildman–Crippen MR) is 170 cm³/mol. The van der Waals surface area contributed by atoms with E-state index in [1.54, 1.807) is 20.8 Å². The van der Waals surface area contributed by atoms with Crippen LogP contribution >= 0.6 is 0 Å². The van der Waals surface area contributed by atoms with Gasteiger partial charge in [0, 0.05) is 11.3 Å². The van der Waals surface area contributed by atoms with E-state index in [-0.39, 0.29) is 26.2 Å². The topological polar surface area (TPSA) is 139 Å². The normalized spacial score (nSPS) is 22.1. The van der Waals surface area contributed by atoms with Crippen molar-refractivity contribution in [1.29, 1.82) is 0 Å². The average molecular weight is 637 g/mol. The fraction of sp³-hybridized carbons (Fsp3) is 0.457. The molecule has 1 heterocycles. The number of hydrogen-bond acceptors (Lipinski definition) is 9. The van der Waals surface area contributed by atoms with E-state index >= 15 is 0 Å². The maximum Gasteiger partial charge on any atom is 0.407 e. The highest BCUT2D eigenvalue weighted by atomic mass is 16.7. The van der Waals surface area contributed by atoms with Crippen LogP contribution in [0, 0.1) is 10.1 Å². The number of nitrogens with zero attached hydrogens (tertiary/aromatic N) is 1. The van der Waals surface area contributed by atoms with Gasteiger partial charge in [-0.2, -0.15) is 0 Å². The number of amides is 1. The number of nitro groups is 1.